The highest BCUT2D eigenvalue weighted by atomic mass is 16.5. The number of anilines is 2. The van der Waals surface area contributed by atoms with E-state index in [2.05, 4.69) is 27.7 Å². The maximum Gasteiger partial charge on any atom is 0.265 e. The van der Waals surface area contributed by atoms with Crippen molar-refractivity contribution in [2.45, 2.75) is 233 Å². The first-order chi connectivity index (χ1) is 41.3. The molecule has 4 amide bonds. The number of carbonyl (C=O) groups is 4. The number of carbonyl (C=O) groups excluding carboxylic acids is 4. The molecule has 0 N–H and O–H groups in total. The van der Waals surface area contributed by atoms with Crippen molar-refractivity contribution in [3.05, 3.63) is 119 Å². The predicted molar refractivity (Wildman–Crippen MR) is 351 cm³/mol. The van der Waals surface area contributed by atoms with Crippen molar-refractivity contribution in [1.82, 2.24) is 0 Å². The summed E-state index contributed by atoms with van der Waals surface area (Å²) in [5.74, 6) is 1.00. The SMILES string of the molecule is CCCCCCCCCCC(CCCCCCCC)COc1ccc(N2C(=O)c3ccc4c5ccc6c7c(ccc(c8ccc(c3c48)C2=O)c75)C(=O)N(c2ccc(OCC(CCCCCCCC)CCCCCCCCCC)cc2)C6=O)cc1. The van der Waals surface area contributed by atoms with Gasteiger partial charge < -0.3 is 9.47 Å². The summed E-state index contributed by atoms with van der Waals surface area (Å²) in [5, 5.41) is 6.36. The number of imide groups is 2. The second-order valence-electron chi connectivity index (χ2n) is 25.0. The van der Waals surface area contributed by atoms with Gasteiger partial charge in [-0.2, -0.15) is 0 Å². The minimum Gasteiger partial charge on any atom is -0.493 e. The number of hydrogen-bond acceptors (Lipinski definition) is 6. The van der Waals surface area contributed by atoms with Crippen molar-refractivity contribution in [2.75, 3.05) is 23.0 Å². The van der Waals surface area contributed by atoms with Crippen molar-refractivity contribution in [2.24, 2.45) is 11.8 Å². The Labute approximate surface area is 503 Å². The molecule has 9 rings (SSSR count). The number of nitrogens with zero attached hydrogens (tertiary/aromatic N) is 2. The topological polar surface area (TPSA) is 93.2 Å². The van der Waals surface area contributed by atoms with Gasteiger partial charge >= 0.3 is 0 Å². The van der Waals surface area contributed by atoms with Crippen LogP contribution in [-0.4, -0.2) is 36.8 Å². The van der Waals surface area contributed by atoms with Crippen LogP contribution in [0.1, 0.15) is 275 Å². The van der Waals surface area contributed by atoms with Crippen molar-refractivity contribution >= 4 is 78.1 Å². The van der Waals surface area contributed by atoms with Crippen molar-refractivity contribution < 1.29 is 28.7 Å². The zero-order valence-corrected chi connectivity index (χ0v) is 51.8. The number of fused-ring (bicyclic) bond motifs is 2. The zero-order valence-electron chi connectivity index (χ0n) is 51.8. The molecule has 84 heavy (non-hydrogen) atoms. The monoisotopic (exact) mass is 1130 g/mol. The van der Waals surface area contributed by atoms with E-state index in [9.17, 15) is 19.2 Å². The van der Waals surface area contributed by atoms with Crippen LogP contribution in [0.15, 0.2) is 97.1 Å². The van der Waals surface area contributed by atoms with Crippen LogP contribution in [0.25, 0.3) is 43.1 Å². The molecular formula is C76H98N2O6. The minimum absolute atomic E-state index is 0.372. The first-order valence-corrected chi connectivity index (χ1v) is 33.7. The van der Waals surface area contributed by atoms with E-state index in [4.69, 9.17) is 9.47 Å². The van der Waals surface area contributed by atoms with Crippen LogP contribution < -0.4 is 19.3 Å². The van der Waals surface area contributed by atoms with Gasteiger partial charge in [0.15, 0.2) is 0 Å². The molecule has 0 radical (unpaired) electrons. The first kappa shape index (κ1) is 62.3. The Kier molecular flexibility index (Phi) is 23.5. The molecule has 0 saturated carbocycles. The number of amides is 4. The van der Waals surface area contributed by atoms with Crippen molar-refractivity contribution in [1.29, 1.82) is 0 Å². The molecule has 7 aromatic rings. The summed E-state index contributed by atoms with van der Waals surface area (Å²) >= 11 is 0. The van der Waals surface area contributed by atoms with E-state index in [1.54, 1.807) is 0 Å². The molecular weight excluding hydrogens is 1040 g/mol. The third kappa shape index (κ3) is 15.0. The molecule has 2 unspecified atom stereocenters. The standard InChI is InChI=1S/C76H98N2O6/c1-5-9-13-17-21-23-27-31-35-55(33-29-25-19-15-11-7-3)53-83-59-41-37-57(38-42-59)77-73(79)65-49-45-61-63-47-51-67-72-68(52-48-64(70(63)72)62-46-50-66(74(77)80)71(65)69(61)62)76(82)78(75(67)81)58-39-43-60(44-40-58)84-54-56(34-30-26-20-16-12-8-4)36-32-28-24-22-18-14-10-6-2/h37-52,55-56H,5-36,53-54H2,1-4H3. The smallest absolute Gasteiger partial charge is 0.265 e. The van der Waals surface area contributed by atoms with E-state index in [1.165, 1.54) is 215 Å². The van der Waals surface area contributed by atoms with Crippen LogP contribution in [0.2, 0.25) is 0 Å². The van der Waals surface area contributed by atoms with Gasteiger partial charge in [-0.1, -0.05) is 232 Å². The molecule has 2 atom stereocenters. The van der Waals surface area contributed by atoms with E-state index in [0.717, 1.165) is 43.8 Å². The molecule has 8 nitrogen and oxygen atoms in total. The van der Waals surface area contributed by atoms with E-state index in [1.807, 2.05) is 97.1 Å². The summed E-state index contributed by atoms with van der Waals surface area (Å²) in [6.07, 6.45) is 41.2. The fourth-order valence-electron chi connectivity index (χ4n) is 13.7. The van der Waals surface area contributed by atoms with Crippen LogP contribution in [0.5, 0.6) is 11.5 Å². The fraction of sp³-hybridized carbons (Fsp3) is 0.526. The number of unbranched alkanes of at least 4 members (excludes halogenated alkanes) is 24. The minimum atomic E-state index is -0.372. The normalized spacial score (nSPS) is 14.1. The van der Waals surface area contributed by atoms with Crippen LogP contribution in [-0.2, 0) is 0 Å². The van der Waals surface area contributed by atoms with E-state index >= 15 is 0 Å². The average Bonchev–Trinajstić information content (AvgIpc) is 0.862. The van der Waals surface area contributed by atoms with Crippen molar-refractivity contribution in [3.63, 3.8) is 0 Å². The molecule has 2 aliphatic rings. The first-order valence-electron chi connectivity index (χ1n) is 33.7. The molecule has 448 valence electrons. The summed E-state index contributed by atoms with van der Waals surface area (Å²) in [5.41, 5.74) is 2.85. The van der Waals surface area contributed by atoms with E-state index in [-0.39, 0.29) is 23.6 Å². The van der Waals surface area contributed by atoms with Gasteiger partial charge in [-0.3, -0.25) is 19.2 Å². The summed E-state index contributed by atoms with van der Waals surface area (Å²) in [4.78, 5) is 61.2. The molecule has 0 saturated heterocycles. The molecule has 0 fully saturated rings. The van der Waals surface area contributed by atoms with Gasteiger partial charge in [0, 0.05) is 33.0 Å². The van der Waals surface area contributed by atoms with Gasteiger partial charge in [0.25, 0.3) is 23.6 Å². The van der Waals surface area contributed by atoms with Gasteiger partial charge in [-0.15, -0.1) is 0 Å². The van der Waals surface area contributed by atoms with Crippen LogP contribution >= 0.6 is 0 Å². The average molecular weight is 1140 g/mol. The Hall–Kier alpha value is -6.28. The third-order valence-electron chi connectivity index (χ3n) is 18.7. The Morgan fingerprint density at radius 2 is 0.524 bits per heavy atom. The maximum absolute atomic E-state index is 14.6. The largest absolute Gasteiger partial charge is 0.493 e. The lowest BCUT2D eigenvalue weighted by Crippen LogP contribution is -2.40. The molecule has 0 bridgehead atoms. The van der Waals surface area contributed by atoms with E-state index in [0.29, 0.717) is 69.5 Å². The Balaban J connectivity index is 0.874. The molecule has 0 aromatic heterocycles. The predicted octanol–water partition coefficient (Wildman–Crippen LogP) is 21.9. The Morgan fingerprint density at radius 3 is 0.774 bits per heavy atom. The third-order valence-corrected chi connectivity index (χ3v) is 18.7. The lowest BCUT2D eigenvalue weighted by atomic mass is 9.82. The summed E-state index contributed by atoms with van der Waals surface area (Å²) in [6.45, 7) is 10.4. The lowest BCUT2D eigenvalue weighted by molar-refractivity contribution is 0.0877. The maximum atomic E-state index is 14.6. The number of rotatable bonds is 40. The second kappa shape index (κ2) is 31.7. The highest BCUT2D eigenvalue weighted by Gasteiger charge is 2.38. The van der Waals surface area contributed by atoms with Crippen LogP contribution in [0.3, 0.4) is 0 Å². The van der Waals surface area contributed by atoms with E-state index < -0.39 is 0 Å². The van der Waals surface area contributed by atoms with Crippen LogP contribution in [0, 0.1) is 11.8 Å². The summed E-state index contributed by atoms with van der Waals surface area (Å²) < 4.78 is 12.9. The van der Waals surface area contributed by atoms with Gasteiger partial charge in [0.05, 0.1) is 24.6 Å². The fourth-order valence-corrected chi connectivity index (χ4v) is 13.7. The summed E-state index contributed by atoms with van der Waals surface area (Å²) in [7, 11) is 0. The highest BCUT2D eigenvalue weighted by Crippen LogP contribution is 2.47. The highest BCUT2D eigenvalue weighted by molar-refractivity contribution is 6.45. The van der Waals surface area contributed by atoms with Gasteiger partial charge in [-0.05, 0) is 143 Å². The van der Waals surface area contributed by atoms with Crippen molar-refractivity contribution in [3.8, 4) is 11.5 Å². The number of benzene rings is 7. The van der Waals surface area contributed by atoms with Crippen LogP contribution in [0.4, 0.5) is 11.4 Å². The Morgan fingerprint density at radius 1 is 0.286 bits per heavy atom. The number of hydrogen-bond donors (Lipinski definition) is 0. The second-order valence-corrected chi connectivity index (χ2v) is 25.0. The molecule has 0 aliphatic carbocycles. The molecule has 7 aromatic carbocycles. The molecule has 2 heterocycles. The van der Waals surface area contributed by atoms with Gasteiger partial charge in [0.1, 0.15) is 11.5 Å². The lowest BCUT2D eigenvalue weighted by Gasteiger charge is -2.30. The summed E-state index contributed by atoms with van der Waals surface area (Å²) in [6, 6.07) is 30.1. The van der Waals surface area contributed by atoms with Gasteiger partial charge in [-0.25, -0.2) is 9.80 Å². The van der Waals surface area contributed by atoms with Gasteiger partial charge in [0.2, 0.25) is 0 Å². The zero-order chi connectivity index (χ0) is 58.6. The molecule has 8 heteroatoms. The number of ether oxygens (including phenoxy) is 2. The molecule has 2 aliphatic heterocycles. The molecule has 0 spiro atoms. The Bertz CT molecular complexity index is 2910. The quantitative estimate of drug-likeness (QED) is 0.0164.